The van der Waals surface area contributed by atoms with Crippen LogP contribution in [0.2, 0.25) is 0 Å². The highest BCUT2D eigenvalue weighted by molar-refractivity contribution is 7.85. The third kappa shape index (κ3) is 5.35. The van der Waals surface area contributed by atoms with Gasteiger partial charge in [-0.25, -0.2) is 19.3 Å². The van der Waals surface area contributed by atoms with E-state index in [4.69, 9.17) is 9.17 Å². The van der Waals surface area contributed by atoms with E-state index in [1.807, 2.05) is 43.3 Å². The molecule has 0 spiro atoms. The normalized spacial score (nSPS) is 16.9. The molecule has 0 radical (unpaired) electrons. The Morgan fingerprint density at radius 2 is 1.97 bits per heavy atom. The summed E-state index contributed by atoms with van der Waals surface area (Å²) in [6.07, 6.45) is 6.48. The Hall–Kier alpha value is -3.87. The van der Waals surface area contributed by atoms with Gasteiger partial charge in [-0.15, -0.1) is 6.58 Å². The van der Waals surface area contributed by atoms with E-state index in [0.717, 1.165) is 23.8 Å². The van der Waals surface area contributed by atoms with Gasteiger partial charge in [0.15, 0.2) is 11.5 Å². The molecular formula is C27H30N6O5S. The second-order valence-corrected chi connectivity index (χ2v) is 11.2. The molecule has 1 aromatic carbocycles. The van der Waals surface area contributed by atoms with Gasteiger partial charge in [0.2, 0.25) is 5.95 Å². The molecule has 0 fully saturated rings. The Kier molecular flexibility index (Phi) is 7.10. The first-order chi connectivity index (χ1) is 18.6. The van der Waals surface area contributed by atoms with Crippen LogP contribution in [0, 0.1) is 0 Å². The summed E-state index contributed by atoms with van der Waals surface area (Å²) in [5.74, 6) is 0.758. The maximum absolute atomic E-state index is 13.3. The Bertz CT molecular complexity index is 1710. The molecule has 204 valence electrons. The van der Waals surface area contributed by atoms with Crippen molar-refractivity contribution in [2.75, 3.05) is 18.2 Å². The highest BCUT2D eigenvalue weighted by Crippen LogP contribution is 2.38. The fraction of sp³-hybridized carbons (Fsp3) is 0.333. The molecule has 3 heterocycles. The van der Waals surface area contributed by atoms with Crippen LogP contribution in [0.3, 0.4) is 0 Å². The Morgan fingerprint density at radius 3 is 2.67 bits per heavy atom. The van der Waals surface area contributed by atoms with Gasteiger partial charge in [-0.05, 0) is 55.0 Å². The van der Waals surface area contributed by atoms with Crippen LogP contribution in [0.15, 0.2) is 60.0 Å². The third-order valence-corrected chi connectivity index (χ3v) is 7.49. The molecule has 0 saturated carbocycles. The largest absolute Gasteiger partial charge is 0.384 e. The molecule has 4 aromatic rings. The zero-order chi connectivity index (χ0) is 27.8. The Balaban J connectivity index is 1.49. The summed E-state index contributed by atoms with van der Waals surface area (Å²) in [7, 11) is -3.48. The topological polar surface area (TPSA) is 141 Å². The van der Waals surface area contributed by atoms with Gasteiger partial charge in [0.05, 0.1) is 25.1 Å². The lowest BCUT2D eigenvalue weighted by Crippen LogP contribution is -2.25. The van der Waals surface area contributed by atoms with Gasteiger partial charge in [0.25, 0.3) is 15.7 Å². The zero-order valence-corrected chi connectivity index (χ0v) is 22.6. The first kappa shape index (κ1) is 26.7. The fourth-order valence-electron chi connectivity index (χ4n) is 4.81. The quantitative estimate of drug-likeness (QED) is 0.225. The van der Waals surface area contributed by atoms with E-state index < -0.39 is 15.7 Å². The van der Waals surface area contributed by atoms with Crippen LogP contribution in [-0.2, 0) is 39.3 Å². The average molecular weight is 551 g/mol. The van der Waals surface area contributed by atoms with Crippen LogP contribution in [0.25, 0.3) is 16.9 Å². The smallest absolute Gasteiger partial charge is 0.278 e. The predicted octanol–water partition coefficient (Wildman–Crippen LogP) is 2.97. The lowest BCUT2D eigenvalue weighted by Gasteiger charge is -2.21. The molecule has 5 rings (SSSR count). The lowest BCUT2D eigenvalue weighted by molar-refractivity contribution is 0.0306. The zero-order valence-electron chi connectivity index (χ0n) is 21.8. The van der Waals surface area contributed by atoms with Crippen LogP contribution in [0.5, 0.6) is 0 Å². The van der Waals surface area contributed by atoms with Crippen LogP contribution in [0.1, 0.15) is 36.6 Å². The molecule has 0 aliphatic heterocycles. The summed E-state index contributed by atoms with van der Waals surface area (Å²) < 4.78 is 30.2. The van der Waals surface area contributed by atoms with E-state index in [0.29, 0.717) is 47.5 Å². The lowest BCUT2D eigenvalue weighted by atomic mass is 9.98. The Labute approximate surface area is 225 Å². The van der Waals surface area contributed by atoms with Crippen molar-refractivity contribution in [3.63, 3.8) is 0 Å². The maximum Gasteiger partial charge on any atom is 0.278 e. The van der Waals surface area contributed by atoms with E-state index in [1.54, 1.807) is 10.8 Å². The molecule has 0 unspecified atom stereocenters. The number of anilines is 2. The molecule has 0 amide bonds. The predicted molar refractivity (Wildman–Crippen MR) is 148 cm³/mol. The van der Waals surface area contributed by atoms with Crippen LogP contribution >= 0.6 is 0 Å². The van der Waals surface area contributed by atoms with Gasteiger partial charge in [0, 0.05) is 11.9 Å². The van der Waals surface area contributed by atoms with E-state index in [9.17, 15) is 18.3 Å². The summed E-state index contributed by atoms with van der Waals surface area (Å²) in [6, 6.07) is 11.1. The molecule has 0 saturated heterocycles. The number of nitrogens with one attached hydrogen (secondary N) is 1. The van der Waals surface area contributed by atoms with Crippen molar-refractivity contribution >= 4 is 32.8 Å². The summed E-state index contributed by atoms with van der Waals surface area (Å²) >= 11 is 0. The molecule has 3 aromatic heterocycles. The first-order valence-electron chi connectivity index (χ1n) is 12.6. The minimum absolute atomic E-state index is 0.0665. The van der Waals surface area contributed by atoms with Gasteiger partial charge in [-0.3, -0.25) is 8.98 Å². The van der Waals surface area contributed by atoms with Gasteiger partial charge in [0.1, 0.15) is 11.0 Å². The van der Waals surface area contributed by atoms with Crippen molar-refractivity contribution in [1.29, 1.82) is 0 Å². The van der Waals surface area contributed by atoms with Crippen LogP contribution in [-0.4, -0.2) is 50.7 Å². The molecule has 1 aliphatic carbocycles. The number of aliphatic hydroxyl groups is 1. The van der Waals surface area contributed by atoms with Crippen molar-refractivity contribution in [2.24, 2.45) is 0 Å². The number of pyridine rings is 1. The second-order valence-electron chi connectivity index (χ2n) is 9.58. The van der Waals surface area contributed by atoms with E-state index >= 15 is 0 Å². The highest BCUT2D eigenvalue weighted by Gasteiger charge is 2.37. The van der Waals surface area contributed by atoms with Crippen molar-refractivity contribution in [2.45, 2.75) is 44.8 Å². The number of hydrogen-bond acceptors (Lipinski definition) is 9. The van der Waals surface area contributed by atoms with Crippen molar-refractivity contribution in [3.8, 4) is 5.82 Å². The van der Waals surface area contributed by atoms with Crippen molar-refractivity contribution in [1.82, 2.24) is 24.3 Å². The number of aryl methyl sites for hydroxylation is 1. The summed E-state index contributed by atoms with van der Waals surface area (Å²) in [6.45, 7) is 6.02. The standard InChI is InChI=1S/C27H30N6O5S/c1-4-15-32-25(34)21-17-28-26(29-20-9-6-18(7-10-20)13-16-38-39(3,36)37)31-24(21)33(32)22-11-8-19-12-14-27(35,5-2)23(19)30-22/h4,6-11,17,35H,1,5,12-16H2,2-3H3,(H,28,29,31)/t27-/m1/s1. The number of aromatic nitrogens is 5. The molecular weight excluding hydrogens is 520 g/mol. The minimum Gasteiger partial charge on any atom is -0.384 e. The van der Waals surface area contributed by atoms with Crippen LogP contribution < -0.4 is 10.9 Å². The van der Waals surface area contributed by atoms with Crippen LogP contribution in [0.4, 0.5) is 11.6 Å². The number of rotatable bonds is 10. The highest BCUT2D eigenvalue weighted by atomic mass is 32.2. The minimum atomic E-state index is -3.48. The molecule has 1 atom stereocenters. The average Bonchev–Trinajstić information content (AvgIpc) is 3.38. The molecule has 1 aliphatic rings. The second kappa shape index (κ2) is 10.4. The number of allylic oxidation sites excluding steroid dienone is 1. The molecule has 2 N–H and O–H groups in total. The van der Waals surface area contributed by atoms with Gasteiger partial charge < -0.3 is 10.4 Å². The van der Waals surface area contributed by atoms with E-state index in [-0.39, 0.29) is 24.7 Å². The number of nitrogens with zero attached hydrogens (tertiary/aromatic N) is 5. The molecule has 0 bridgehead atoms. The summed E-state index contributed by atoms with van der Waals surface area (Å²) in [5, 5.41) is 14.6. The number of hydrogen-bond donors (Lipinski definition) is 2. The fourth-order valence-corrected chi connectivity index (χ4v) is 5.19. The molecule has 11 nitrogen and oxygen atoms in total. The molecule has 39 heavy (non-hydrogen) atoms. The first-order valence-corrected chi connectivity index (χ1v) is 14.5. The Morgan fingerprint density at radius 1 is 1.21 bits per heavy atom. The summed E-state index contributed by atoms with van der Waals surface area (Å²) in [4.78, 5) is 27.1. The maximum atomic E-state index is 13.3. The molecule has 12 heteroatoms. The SMILES string of the molecule is C=CCn1c(=O)c2cnc(Nc3ccc(CCOS(C)(=O)=O)cc3)nc2n1-c1ccc2c(n1)[C@@](O)(CC)CC2. The van der Waals surface area contributed by atoms with E-state index in [1.165, 1.54) is 10.9 Å². The van der Waals surface area contributed by atoms with Gasteiger partial charge in [-0.2, -0.15) is 13.4 Å². The van der Waals surface area contributed by atoms with Gasteiger partial charge in [-0.1, -0.05) is 31.2 Å². The van der Waals surface area contributed by atoms with Crippen molar-refractivity contribution < 1.29 is 17.7 Å². The number of benzene rings is 1. The van der Waals surface area contributed by atoms with E-state index in [2.05, 4.69) is 21.9 Å². The number of fused-ring (bicyclic) bond motifs is 2. The van der Waals surface area contributed by atoms with Gasteiger partial charge >= 0.3 is 0 Å². The van der Waals surface area contributed by atoms with Crippen molar-refractivity contribution in [3.05, 3.63) is 82.4 Å². The summed E-state index contributed by atoms with van der Waals surface area (Å²) in [5.41, 5.74) is 2.36. The monoisotopic (exact) mass is 550 g/mol. The third-order valence-electron chi connectivity index (χ3n) is 6.89.